The first-order chi connectivity index (χ1) is 15.3. The molecule has 0 fully saturated rings. The van der Waals surface area contributed by atoms with Crippen LogP contribution in [0.25, 0.3) is 0 Å². The molecule has 2 aromatic heterocycles. The molecule has 0 radical (unpaired) electrons. The van der Waals surface area contributed by atoms with Crippen LogP contribution in [0.4, 0.5) is 0 Å². The van der Waals surface area contributed by atoms with Crippen LogP contribution >= 0.6 is 11.6 Å². The molecule has 3 aromatic rings. The zero-order chi connectivity index (χ0) is 23.3. The van der Waals surface area contributed by atoms with Crippen molar-refractivity contribution in [3.63, 3.8) is 0 Å². The van der Waals surface area contributed by atoms with Crippen LogP contribution in [-0.4, -0.2) is 51.4 Å². The van der Waals surface area contributed by atoms with Gasteiger partial charge in [-0.25, -0.2) is 0 Å². The van der Waals surface area contributed by atoms with Gasteiger partial charge in [-0.05, 0) is 44.9 Å². The van der Waals surface area contributed by atoms with Gasteiger partial charge in [-0.1, -0.05) is 28.9 Å². The Kier molecular flexibility index (Phi) is 7.47. The minimum absolute atomic E-state index is 0.110. The summed E-state index contributed by atoms with van der Waals surface area (Å²) in [6.45, 7) is 8.09. The minimum atomic E-state index is -0.531. The molecule has 2 N–H and O–H groups in total. The molecule has 0 bridgehead atoms. The molecule has 3 rings (SSSR count). The first-order valence-electron chi connectivity index (χ1n) is 10.0. The molecule has 1 aromatic carbocycles. The van der Waals surface area contributed by atoms with E-state index in [-0.39, 0.29) is 38.0 Å². The number of nitrogens with zero attached hydrogens (tertiary/aromatic N) is 4. The molecule has 0 saturated carbocycles. The quantitative estimate of drug-likeness (QED) is 0.468. The number of ether oxygens (including phenoxy) is 1. The van der Waals surface area contributed by atoms with E-state index >= 15 is 0 Å². The maximum atomic E-state index is 12.2. The molecule has 0 spiro atoms. The number of nitrogens with one attached hydrogen (secondary N) is 2. The van der Waals surface area contributed by atoms with Crippen LogP contribution in [0.1, 0.15) is 39.0 Å². The average Bonchev–Trinajstić information content (AvgIpc) is 3.33. The van der Waals surface area contributed by atoms with Crippen LogP contribution in [0, 0.1) is 27.7 Å². The van der Waals surface area contributed by atoms with Crippen LogP contribution in [0.15, 0.2) is 22.7 Å². The molecule has 32 heavy (non-hydrogen) atoms. The Morgan fingerprint density at radius 1 is 1.16 bits per heavy atom. The van der Waals surface area contributed by atoms with E-state index in [2.05, 4.69) is 25.9 Å². The fourth-order valence-electron chi connectivity index (χ4n) is 2.90. The number of halogens is 1. The van der Waals surface area contributed by atoms with E-state index in [1.807, 2.05) is 39.0 Å². The third-order valence-corrected chi connectivity index (χ3v) is 5.44. The first-order valence-corrected chi connectivity index (χ1v) is 10.4. The summed E-state index contributed by atoms with van der Waals surface area (Å²) >= 11 is 6.13. The minimum Gasteiger partial charge on any atom is -0.483 e. The molecular formula is C21H25ClN6O4. The van der Waals surface area contributed by atoms with E-state index in [9.17, 15) is 9.59 Å². The van der Waals surface area contributed by atoms with E-state index in [0.29, 0.717) is 22.3 Å². The van der Waals surface area contributed by atoms with Crippen LogP contribution in [0.3, 0.4) is 0 Å². The highest BCUT2D eigenvalue weighted by Gasteiger charge is 2.17. The molecule has 10 nitrogen and oxygen atoms in total. The molecule has 0 unspecified atom stereocenters. The Bertz CT molecular complexity index is 1120. The summed E-state index contributed by atoms with van der Waals surface area (Å²) in [6.07, 6.45) is 0. The maximum Gasteiger partial charge on any atom is 0.316 e. The van der Waals surface area contributed by atoms with Gasteiger partial charge in [0.1, 0.15) is 12.3 Å². The summed E-state index contributed by atoms with van der Waals surface area (Å²) in [5, 5.41) is 14.0. The highest BCUT2D eigenvalue weighted by Crippen LogP contribution is 2.20. The van der Waals surface area contributed by atoms with E-state index in [0.717, 1.165) is 16.8 Å². The van der Waals surface area contributed by atoms with Crippen LogP contribution in [0.5, 0.6) is 5.75 Å². The van der Waals surface area contributed by atoms with Crippen molar-refractivity contribution in [2.24, 2.45) is 0 Å². The van der Waals surface area contributed by atoms with Crippen molar-refractivity contribution in [1.82, 2.24) is 30.6 Å². The number of benzene rings is 1. The third kappa shape index (κ3) is 5.64. The Balaban J connectivity index is 1.40. The topological polar surface area (TPSA) is 124 Å². The van der Waals surface area contributed by atoms with Gasteiger partial charge in [0.05, 0.1) is 16.4 Å². The van der Waals surface area contributed by atoms with Crippen LogP contribution in [0.2, 0.25) is 5.02 Å². The van der Waals surface area contributed by atoms with Crippen LogP contribution < -0.4 is 15.4 Å². The number of carbonyl (C=O) groups excluding carboxylic acids is 2. The van der Waals surface area contributed by atoms with Gasteiger partial charge in [0, 0.05) is 13.1 Å². The lowest BCUT2D eigenvalue weighted by Crippen LogP contribution is -2.36. The normalized spacial score (nSPS) is 10.8. The van der Waals surface area contributed by atoms with Crippen molar-refractivity contribution < 1.29 is 18.8 Å². The number of hydrogen-bond donors (Lipinski definition) is 2. The zero-order valence-electron chi connectivity index (χ0n) is 18.4. The number of hydrogen-bond acceptors (Lipinski definition) is 7. The van der Waals surface area contributed by atoms with Gasteiger partial charge in [-0.2, -0.15) is 10.1 Å². The number of rotatable bonds is 9. The van der Waals surface area contributed by atoms with E-state index in [1.165, 1.54) is 0 Å². The maximum absolute atomic E-state index is 12.2. The van der Waals surface area contributed by atoms with E-state index < -0.39 is 5.91 Å². The molecule has 0 aliphatic heterocycles. The van der Waals surface area contributed by atoms with Crippen molar-refractivity contribution >= 4 is 23.4 Å². The molecule has 11 heteroatoms. The molecule has 0 saturated heterocycles. The largest absolute Gasteiger partial charge is 0.483 e. The molecule has 2 amide bonds. The van der Waals surface area contributed by atoms with Gasteiger partial charge in [0.15, 0.2) is 12.4 Å². The second-order valence-corrected chi connectivity index (χ2v) is 7.63. The van der Waals surface area contributed by atoms with Gasteiger partial charge >= 0.3 is 11.8 Å². The smallest absolute Gasteiger partial charge is 0.316 e. The SMILES string of the molecule is Cc1cccc(OCC(=O)NCCNC(=O)c2nc(Cn3nc(C)c(Cl)c3C)no2)c1C. The third-order valence-electron chi connectivity index (χ3n) is 4.89. The lowest BCUT2D eigenvalue weighted by Gasteiger charge is -2.11. The van der Waals surface area contributed by atoms with E-state index in [1.54, 1.807) is 11.6 Å². The lowest BCUT2D eigenvalue weighted by atomic mass is 10.1. The number of amides is 2. The number of carbonyl (C=O) groups is 2. The Morgan fingerprint density at radius 2 is 1.91 bits per heavy atom. The first kappa shape index (κ1) is 23.3. The van der Waals surface area contributed by atoms with Gasteiger partial charge in [0.25, 0.3) is 5.91 Å². The molecule has 0 aliphatic carbocycles. The van der Waals surface area contributed by atoms with Gasteiger partial charge < -0.3 is 19.9 Å². The highest BCUT2D eigenvalue weighted by molar-refractivity contribution is 6.31. The molecule has 0 atom stereocenters. The summed E-state index contributed by atoms with van der Waals surface area (Å²) in [5.74, 6) is -0.0188. The predicted octanol–water partition coefficient (Wildman–Crippen LogP) is 2.13. The summed E-state index contributed by atoms with van der Waals surface area (Å²) in [4.78, 5) is 28.2. The highest BCUT2D eigenvalue weighted by atomic mass is 35.5. The lowest BCUT2D eigenvalue weighted by molar-refractivity contribution is -0.123. The Labute approximate surface area is 190 Å². The second kappa shape index (κ2) is 10.3. The van der Waals surface area contributed by atoms with Crippen molar-refractivity contribution in [3.05, 3.63) is 57.5 Å². The fraction of sp³-hybridized carbons (Fsp3) is 0.381. The number of aromatic nitrogens is 4. The van der Waals surface area contributed by atoms with Crippen LogP contribution in [-0.2, 0) is 11.3 Å². The molecule has 170 valence electrons. The van der Waals surface area contributed by atoms with Crippen molar-refractivity contribution in [2.45, 2.75) is 34.2 Å². The van der Waals surface area contributed by atoms with Crippen molar-refractivity contribution in [1.29, 1.82) is 0 Å². The summed E-state index contributed by atoms with van der Waals surface area (Å²) in [5.41, 5.74) is 3.56. The van der Waals surface area contributed by atoms with E-state index in [4.69, 9.17) is 20.9 Å². The van der Waals surface area contributed by atoms with Gasteiger partial charge in [-0.3, -0.25) is 14.3 Å². The van der Waals surface area contributed by atoms with Gasteiger partial charge in [0.2, 0.25) is 0 Å². The predicted molar refractivity (Wildman–Crippen MR) is 117 cm³/mol. The fourth-order valence-corrected chi connectivity index (χ4v) is 3.04. The zero-order valence-corrected chi connectivity index (χ0v) is 19.1. The average molecular weight is 461 g/mol. The van der Waals surface area contributed by atoms with Crippen molar-refractivity contribution in [2.75, 3.05) is 19.7 Å². The summed E-state index contributed by atoms with van der Waals surface area (Å²) < 4.78 is 12.2. The molecule has 0 aliphatic rings. The molecular weight excluding hydrogens is 436 g/mol. The standard InChI is InChI=1S/C21H25ClN6O4/c1-12-6-5-7-16(13(12)2)31-11-18(29)23-8-9-24-20(30)21-25-17(27-32-21)10-28-15(4)19(22)14(3)26-28/h5-7H,8-11H2,1-4H3,(H,23,29)(H,24,30). The monoisotopic (exact) mass is 460 g/mol. The molecule has 2 heterocycles. The second-order valence-electron chi connectivity index (χ2n) is 7.25. The Hall–Kier alpha value is -3.40. The van der Waals surface area contributed by atoms with Gasteiger partial charge in [-0.15, -0.1) is 0 Å². The summed E-state index contributed by atoms with van der Waals surface area (Å²) in [6, 6.07) is 5.67. The Morgan fingerprint density at radius 3 is 2.62 bits per heavy atom. The van der Waals surface area contributed by atoms with Crippen molar-refractivity contribution in [3.8, 4) is 5.75 Å². The number of aryl methyl sites for hydroxylation is 2. The summed E-state index contributed by atoms with van der Waals surface area (Å²) in [7, 11) is 0.